The number of hydrogen-bond donors (Lipinski definition) is 2. The van der Waals surface area contributed by atoms with Gasteiger partial charge in [0.05, 0.1) is 12.3 Å². The molecule has 2 N–H and O–H groups in total. The minimum absolute atomic E-state index is 0.0503. The van der Waals surface area contributed by atoms with Crippen LogP contribution in [0.25, 0.3) is 0 Å². The standard InChI is InChI=1S/C18H25N3O3/c1-18(2,3)16-11-14(21(4)20-16)17(23)19-12-13-7-5-6-8-15(13)24-10-9-22/h5-8,11,22H,9-10,12H2,1-4H3,(H,19,23). The molecule has 0 aliphatic heterocycles. The van der Waals surface area contributed by atoms with E-state index in [0.717, 1.165) is 11.3 Å². The minimum Gasteiger partial charge on any atom is -0.491 e. The molecule has 0 saturated heterocycles. The van der Waals surface area contributed by atoms with E-state index in [2.05, 4.69) is 31.2 Å². The summed E-state index contributed by atoms with van der Waals surface area (Å²) in [6.45, 7) is 6.70. The van der Waals surface area contributed by atoms with Gasteiger partial charge in [-0.05, 0) is 12.1 Å². The lowest BCUT2D eigenvalue weighted by Crippen LogP contribution is -2.25. The number of aryl methyl sites for hydroxylation is 1. The molecule has 130 valence electrons. The van der Waals surface area contributed by atoms with Gasteiger partial charge in [0.15, 0.2) is 0 Å². The molecule has 0 aliphatic carbocycles. The maximum absolute atomic E-state index is 12.5. The largest absolute Gasteiger partial charge is 0.491 e. The maximum Gasteiger partial charge on any atom is 0.269 e. The summed E-state index contributed by atoms with van der Waals surface area (Å²) in [5.41, 5.74) is 2.15. The quantitative estimate of drug-likeness (QED) is 0.849. The summed E-state index contributed by atoms with van der Waals surface area (Å²) in [6.07, 6.45) is 0. The van der Waals surface area contributed by atoms with Crippen molar-refractivity contribution in [2.45, 2.75) is 32.7 Å². The fourth-order valence-electron chi connectivity index (χ4n) is 2.26. The van der Waals surface area contributed by atoms with Crippen molar-refractivity contribution in [3.63, 3.8) is 0 Å². The van der Waals surface area contributed by atoms with Gasteiger partial charge in [0.25, 0.3) is 5.91 Å². The molecule has 1 heterocycles. The van der Waals surface area contributed by atoms with Crippen LogP contribution in [0.4, 0.5) is 0 Å². The van der Waals surface area contributed by atoms with Gasteiger partial charge >= 0.3 is 0 Å². The maximum atomic E-state index is 12.5. The smallest absolute Gasteiger partial charge is 0.269 e. The molecule has 0 aliphatic rings. The van der Waals surface area contributed by atoms with Crippen LogP contribution in [0.5, 0.6) is 5.75 Å². The molecule has 6 heteroatoms. The lowest BCUT2D eigenvalue weighted by molar-refractivity contribution is 0.0941. The summed E-state index contributed by atoms with van der Waals surface area (Å²) in [5.74, 6) is 0.477. The van der Waals surface area contributed by atoms with Crippen molar-refractivity contribution in [3.05, 3.63) is 47.3 Å². The van der Waals surface area contributed by atoms with E-state index in [4.69, 9.17) is 9.84 Å². The Kier molecular flexibility index (Phi) is 5.62. The second-order valence-electron chi connectivity index (χ2n) is 6.65. The number of para-hydroxylation sites is 1. The van der Waals surface area contributed by atoms with Crippen LogP contribution in [0.2, 0.25) is 0 Å². The van der Waals surface area contributed by atoms with Gasteiger partial charge in [0, 0.05) is 24.6 Å². The number of nitrogens with zero attached hydrogens (tertiary/aromatic N) is 2. The van der Waals surface area contributed by atoms with Gasteiger partial charge in [-0.3, -0.25) is 9.48 Å². The number of carbonyl (C=O) groups excluding carboxylic acids is 1. The molecule has 1 aromatic heterocycles. The molecule has 0 saturated carbocycles. The third-order valence-corrected chi connectivity index (χ3v) is 3.64. The Morgan fingerprint density at radius 3 is 2.67 bits per heavy atom. The van der Waals surface area contributed by atoms with Gasteiger partial charge in [0.1, 0.15) is 18.1 Å². The zero-order valence-corrected chi connectivity index (χ0v) is 14.7. The number of ether oxygens (including phenoxy) is 1. The zero-order chi connectivity index (χ0) is 17.7. The first-order valence-corrected chi connectivity index (χ1v) is 7.97. The Hall–Kier alpha value is -2.34. The average Bonchev–Trinajstić information content (AvgIpc) is 2.93. The molecule has 0 unspecified atom stereocenters. The van der Waals surface area contributed by atoms with E-state index in [-0.39, 0.29) is 24.5 Å². The summed E-state index contributed by atoms with van der Waals surface area (Å²) in [6, 6.07) is 9.27. The van der Waals surface area contributed by atoms with Crippen molar-refractivity contribution < 1.29 is 14.6 Å². The highest BCUT2D eigenvalue weighted by Gasteiger charge is 2.21. The second kappa shape index (κ2) is 7.49. The molecule has 0 fully saturated rings. The van der Waals surface area contributed by atoms with Crippen LogP contribution in [-0.2, 0) is 19.0 Å². The van der Waals surface area contributed by atoms with Crippen LogP contribution in [0.15, 0.2) is 30.3 Å². The Balaban J connectivity index is 2.08. The van der Waals surface area contributed by atoms with Crippen LogP contribution in [0.1, 0.15) is 42.5 Å². The number of nitrogens with one attached hydrogen (secondary N) is 1. The molecule has 0 radical (unpaired) electrons. The number of aliphatic hydroxyl groups excluding tert-OH is 1. The number of rotatable bonds is 6. The molecule has 2 rings (SSSR count). The Bertz CT molecular complexity index is 702. The van der Waals surface area contributed by atoms with Crippen molar-refractivity contribution in [2.75, 3.05) is 13.2 Å². The van der Waals surface area contributed by atoms with Gasteiger partial charge < -0.3 is 15.2 Å². The van der Waals surface area contributed by atoms with E-state index in [1.54, 1.807) is 11.7 Å². The highest BCUT2D eigenvalue weighted by Crippen LogP contribution is 2.22. The van der Waals surface area contributed by atoms with Crippen LogP contribution in [0, 0.1) is 0 Å². The lowest BCUT2D eigenvalue weighted by atomic mass is 9.92. The van der Waals surface area contributed by atoms with Gasteiger partial charge in [-0.2, -0.15) is 5.10 Å². The number of carbonyl (C=O) groups is 1. The van der Waals surface area contributed by atoms with Crippen LogP contribution >= 0.6 is 0 Å². The van der Waals surface area contributed by atoms with Crippen molar-refractivity contribution in [3.8, 4) is 5.75 Å². The Morgan fingerprint density at radius 1 is 1.33 bits per heavy atom. The number of hydrogen-bond acceptors (Lipinski definition) is 4. The average molecular weight is 331 g/mol. The molecule has 6 nitrogen and oxygen atoms in total. The number of benzene rings is 1. The Morgan fingerprint density at radius 2 is 2.04 bits per heavy atom. The number of aliphatic hydroxyl groups is 1. The number of amides is 1. The third kappa shape index (κ3) is 4.35. The van der Waals surface area contributed by atoms with Gasteiger partial charge in [-0.25, -0.2) is 0 Å². The number of aromatic nitrogens is 2. The second-order valence-corrected chi connectivity index (χ2v) is 6.65. The first-order valence-electron chi connectivity index (χ1n) is 7.97. The summed E-state index contributed by atoms with van der Waals surface area (Å²) in [5, 5.41) is 16.2. The van der Waals surface area contributed by atoms with E-state index in [0.29, 0.717) is 18.0 Å². The topological polar surface area (TPSA) is 76.4 Å². The monoisotopic (exact) mass is 331 g/mol. The molecule has 1 aromatic carbocycles. The van der Waals surface area contributed by atoms with Crippen LogP contribution in [0.3, 0.4) is 0 Å². The van der Waals surface area contributed by atoms with E-state index in [1.807, 2.05) is 30.3 Å². The van der Waals surface area contributed by atoms with E-state index in [9.17, 15) is 4.79 Å². The van der Waals surface area contributed by atoms with Crippen molar-refractivity contribution in [1.82, 2.24) is 15.1 Å². The van der Waals surface area contributed by atoms with Crippen molar-refractivity contribution >= 4 is 5.91 Å². The molecule has 2 aromatic rings. The molecule has 0 spiro atoms. The molecule has 1 amide bonds. The van der Waals surface area contributed by atoms with Crippen molar-refractivity contribution in [2.24, 2.45) is 7.05 Å². The predicted molar refractivity (Wildman–Crippen MR) is 92.1 cm³/mol. The van der Waals surface area contributed by atoms with Gasteiger partial charge in [-0.1, -0.05) is 39.0 Å². The summed E-state index contributed by atoms with van der Waals surface area (Å²) in [7, 11) is 1.77. The Labute approximate surface area is 142 Å². The molecular formula is C18H25N3O3. The SMILES string of the molecule is Cn1nc(C(C)(C)C)cc1C(=O)NCc1ccccc1OCCO. The highest BCUT2D eigenvalue weighted by molar-refractivity contribution is 5.92. The predicted octanol–water partition coefficient (Wildman–Crippen LogP) is 2.02. The minimum atomic E-state index is -0.183. The first-order chi connectivity index (χ1) is 11.3. The van der Waals surface area contributed by atoms with Crippen LogP contribution in [-0.4, -0.2) is 34.0 Å². The third-order valence-electron chi connectivity index (χ3n) is 3.64. The highest BCUT2D eigenvalue weighted by atomic mass is 16.5. The molecule has 24 heavy (non-hydrogen) atoms. The van der Waals surface area contributed by atoms with Gasteiger partial charge in [-0.15, -0.1) is 0 Å². The van der Waals surface area contributed by atoms with Crippen LogP contribution < -0.4 is 10.1 Å². The summed E-state index contributed by atoms with van der Waals surface area (Å²) in [4.78, 5) is 12.5. The summed E-state index contributed by atoms with van der Waals surface area (Å²) < 4.78 is 7.08. The molecule has 0 bridgehead atoms. The van der Waals surface area contributed by atoms with Crippen molar-refractivity contribution in [1.29, 1.82) is 0 Å². The summed E-state index contributed by atoms with van der Waals surface area (Å²) >= 11 is 0. The van der Waals surface area contributed by atoms with E-state index < -0.39 is 0 Å². The molecular weight excluding hydrogens is 306 g/mol. The fraction of sp³-hybridized carbons (Fsp3) is 0.444. The van der Waals surface area contributed by atoms with E-state index in [1.165, 1.54) is 0 Å². The van der Waals surface area contributed by atoms with E-state index >= 15 is 0 Å². The zero-order valence-electron chi connectivity index (χ0n) is 14.7. The fourth-order valence-corrected chi connectivity index (χ4v) is 2.26. The normalized spacial score (nSPS) is 11.4. The lowest BCUT2D eigenvalue weighted by Gasteiger charge is -2.13. The first kappa shape index (κ1) is 18.0. The molecule has 0 atom stereocenters. The van der Waals surface area contributed by atoms with Gasteiger partial charge in [0.2, 0.25) is 0 Å².